The van der Waals surface area contributed by atoms with Crippen molar-refractivity contribution in [3.8, 4) is 5.75 Å². The molecule has 0 amide bonds. The first-order valence-electron chi connectivity index (χ1n) is 9.51. The second kappa shape index (κ2) is 8.31. The summed E-state index contributed by atoms with van der Waals surface area (Å²) < 4.78 is 20.6. The van der Waals surface area contributed by atoms with E-state index < -0.39 is 11.8 Å². The Morgan fingerprint density at radius 2 is 2.00 bits per heavy atom. The molecule has 0 spiro atoms. The first-order valence-corrected chi connectivity index (χ1v) is 10.3. The fourth-order valence-electron chi connectivity index (χ4n) is 3.60. The highest BCUT2D eigenvalue weighted by molar-refractivity contribution is 7.20. The Balaban J connectivity index is 1.93. The summed E-state index contributed by atoms with van der Waals surface area (Å²) in [5, 5.41) is 9.76. The van der Waals surface area contributed by atoms with Crippen molar-refractivity contribution in [2.75, 3.05) is 7.11 Å². The van der Waals surface area contributed by atoms with Gasteiger partial charge in [0.05, 0.1) is 19.0 Å². The minimum Gasteiger partial charge on any atom is -0.496 e. The molecule has 0 unspecified atom stereocenters. The van der Waals surface area contributed by atoms with Crippen LogP contribution in [0.5, 0.6) is 5.75 Å². The van der Waals surface area contributed by atoms with E-state index in [2.05, 4.69) is 4.98 Å². The van der Waals surface area contributed by atoms with E-state index in [9.17, 15) is 19.1 Å². The minimum atomic E-state index is -1.09. The minimum absolute atomic E-state index is 0.0892. The zero-order chi connectivity index (χ0) is 22.1. The smallest absolute Gasteiger partial charge is 0.346 e. The van der Waals surface area contributed by atoms with Crippen molar-refractivity contribution in [2.24, 2.45) is 0 Å². The van der Waals surface area contributed by atoms with Crippen molar-refractivity contribution in [1.82, 2.24) is 9.55 Å². The summed E-state index contributed by atoms with van der Waals surface area (Å²) in [6.45, 7) is 1.72. The van der Waals surface area contributed by atoms with Crippen LogP contribution in [0.4, 0.5) is 4.39 Å². The zero-order valence-electron chi connectivity index (χ0n) is 16.9. The molecule has 158 valence electrons. The average molecular weight is 438 g/mol. The zero-order valence-corrected chi connectivity index (χ0v) is 17.7. The summed E-state index contributed by atoms with van der Waals surface area (Å²) in [4.78, 5) is 30.2. The van der Waals surface area contributed by atoms with E-state index in [0.717, 1.165) is 16.9 Å². The normalized spacial score (nSPS) is 11.1. The van der Waals surface area contributed by atoms with Crippen molar-refractivity contribution in [1.29, 1.82) is 0 Å². The maximum atomic E-state index is 13.7. The van der Waals surface area contributed by atoms with E-state index in [-0.39, 0.29) is 22.4 Å². The molecule has 31 heavy (non-hydrogen) atoms. The predicted octanol–water partition coefficient (Wildman–Crippen LogP) is 4.25. The molecule has 4 rings (SSSR count). The number of para-hydroxylation sites is 1. The van der Waals surface area contributed by atoms with Gasteiger partial charge in [-0.2, -0.15) is 0 Å². The Kier molecular flexibility index (Phi) is 5.56. The molecule has 1 N–H and O–H groups in total. The first-order chi connectivity index (χ1) is 14.9. The molecule has 0 atom stereocenters. The molecule has 0 saturated carbocycles. The van der Waals surface area contributed by atoms with E-state index in [1.165, 1.54) is 16.7 Å². The van der Waals surface area contributed by atoms with Crippen LogP contribution >= 0.6 is 11.3 Å². The number of aryl methyl sites for hydroxylation is 1. The van der Waals surface area contributed by atoms with Crippen LogP contribution < -0.4 is 10.3 Å². The number of ether oxygens (including phenoxy) is 1. The van der Waals surface area contributed by atoms with Gasteiger partial charge in [0.25, 0.3) is 5.56 Å². The number of carbonyl (C=O) groups is 1. The molecule has 0 saturated heterocycles. The molecule has 0 fully saturated rings. The van der Waals surface area contributed by atoms with Gasteiger partial charge in [0.15, 0.2) is 0 Å². The van der Waals surface area contributed by atoms with Crippen LogP contribution in [0.1, 0.15) is 32.2 Å². The molecule has 6 nitrogen and oxygen atoms in total. The van der Waals surface area contributed by atoms with E-state index in [1.54, 1.807) is 26.2 Å². The van der Waals surface area contributed by atoms with Gasteiger partial charge in [-0.25, -0.2) is 14.2 Å². The van der Waals surface area contributed by atoms with Crippen molar-refractivity contribution in [2.45, 2.75) is 19.9 Å². The second-order valence-electron chi connectivity index (χ2n) is 7.08. The summed E-state index contributed by atoms with van der Waals surface area (Å²) in [5.41, 5.74) is 1.48. The molecule has 0 bridgehead atoms. The van der Waals surface area contributed by atoms with Gasteiger partial charge in [-0.1, -0.05) is 30.3 Å². The van der Waals surface area contributed by atoms with Gasteiger partial charge in [-0.3, -0.25) is 9.36 Å². The average Bonchev–Trinajstić information content (AvgIpc) is 3.08. The lowest BCUT2D eigenvalue weighted by Crippen LogP contribution is -2.26. The Morgan fingerprint density at radius 1 is 1.23 bits per heavy atom. The van der Waals surface area contributed by atoms with Gasteiger partial charge in [0, 0.05) is 12.0 Å². The summed E-state index contributed by atoms with van der Waals surface area (Å²) in [7, 11) is 1.57. The number of rotatable bonds is 6. The van der Waals surface area contributed by atoms with Crippen molar-refractivity contribution in [3.63, 3.8) is 0 Å². The lowest BCUT2D eigenvalue weighted by molar-refractivity contribution is 0.0701. The number of halogens is 1. The summed E-state index contributed by atoms with van der Waals surface area (Å²) >= 11 is 0.983. The van der Waals surface area contributed by atoms with Crippen LogP contribution in [0, 0.1) is 12.7 Å². The molecule has 8 heteroatoms. The van der Waals surface area contributed by atoms with Gasteiger partial charge in [0.1, 0.15) is 27.1 Å². The number of hydrogen-bond donors (Lipinski definition) is 1. The third-order valence-corrected chi connectivity index (χ3v) is 6.27. The molecule has 2 heterocycles. The number of carboxylic acids is 1. The molecular formula is C23H19FN2O4S. The lowest BCUT2D eigenvalue weighted by atomic mass is 10.1. The first kappa shape index (κ1) is 20.7. The highest BCUT2D eigenvalue weighted by Gasteiger charge is 2.22. The number of fused-ring (bicyclic) bond motifs is 1. The van der Waals surface area contributed by atoms with Crippen LogP contribution in [0.3, 0.4) is 0 Å². The number of carboxylic acid groups (broad SMARTS) is 1. The van der Waals surface area contributed by atoms with Gasteiger partial charge in [0.2, 0.25) is 0 Å². The molecule has 0 aliphatic carbocycles. The van der Waals surface area contributed by atoms with Crippen LogP contribution in [0.25, 0.3) is 10.2 Å². The monoisotopic (exact) mass is 438 g/mol. The van der Waals surface area contributed by atoms with Gasteiger partial charge >= 0.3 is 5.97 Å². The van der Waals surface area contributed by atoms with Crippen molar-refractivity contribution >= 4 is 27.5 Å². The SMILES string of the molecule is COc1ccccc1Cc1nc2sc(C(=O)O)c(C)c2c(=O)n1Cc1cccc(F)c1. The molecule has 4 aromatic rings. The number of methoxy groups -OCH3 is 1. The lowest BCUT2D eigenvalue weighted by Gasteiger charge is -2.14. The summed E-state index contributed by atoms with van der Waals surface area (Å²) in [5.74, 6) is -0.388. The third-order valence-electron chi connectivity index (χ3n) is 5.09. The third kappa shape index (κ3) is 3.94. The van der Waals surface area contributed by atoms with Crippen LogP contribution in [0.2, 0.25) is 0 Å². The standard InChI is InChI=1S/C23H19FN2O4S/c1-13-19-21(31-20(13)23(28)29)25-18(11-15-7-3-4-9-17(15)30-2)26(22(19)27)12-14-6-5-8-16(24)10-14/h3-10H,11-12H2,1-2H3,(H,28,29). The topological polar surface area (TPSA) is 81.4 Å². The maximum Gasteiger partial charge on any atom is 0.346 e. The van der Waals surface area contributed by atoms with Gasteiger partial charge < -0.3 is 9.84 Å². The van der Waals surface area contributed by atoms with Crippen molar-refractivity contribution in [3.05, 3.63) is 92.1 Å². The largest absolute Gasteiger partial charge is 0.496 e. The summed E-state index contributed by atoms with van der Waals surface area (Å²) in [6.07, 6.45) is 0.295. The number of aromatic carboxylic acids is 1. The fourth-order valence-corrected chi connectivity index (χ4v) is 4.63. The Bertz CT molecular complexity index is 1360. The Morgan fingerprint density at radius 3 is 2.71 bits per heavy atom. The molecule has 2 aromatic heterocycles. The number of thiophene rings is 1. The van der Waals surface area contributed by atoms with E-state index in [1.807, 2.05) is 24.3 Å². The van der Waals surface area contributed by atoms with Crippen LogP contribution in [0.15, 0.2) is 53.3 Å². The number of nitrogens with zero attached hydrogens (tertiary/aromatic N) is 2. The van der Waals surface area contributed by atoms with Gasteiger partial charge in [-0.15, -0.1) is 11.3 Å². The molecule has 0 aliphatic rings. The number of hydrogen-bond acceptors (Lipinski definition) is 5. The molecular weight excluding hydrogens is 419 g/mol. The maximum absolute atomic E-state index is 13.7. The van der Waals surface area contributed by atoms with E-state index in [0.29, 0.717) is 34.0 Å². The van der Waals surface area contributed by atoms with E-state index >= 15 is 0 Å². The molecule has 0 aliphatic heterocycles. The highest BCUT2D eigenvalue weighted by atomic mass is 32.1. The van der Waals surface area contributed by atoms with Crippen LogP contribution in [-0.2, 0) is 13.0 Å². The Hall–Kier alpha value is -3.52. The molecule has 0 radical (unpaired) electrons. The summed E-state index contributed by atoms with van der Waals surface area (Å²) in [6, 6.07) is 13.4. The van der Waals surface area contributed by atoms with Crippen molar-refractivity contribution < 1.29 is 19.0 Å². The predicted molar refractivity (Wildman–Crippen MR) is 117 cm³/mol. The fraction of sp³-hybridized carbons (Fsp3) is 0.174. The second-order valence-corrected chi connectivity index (χ2v) is 8.08. The quantitative estimate of drug-likeness (QED) is 0.487. The Labute approximate surface area is 181 Å². The van der Waals surface area contributed by atoms with Crippen LogP contribution in [-0.4, -0.2) is 27.7 Å². The molecule has 2 aromatic carbocycles. The number of benzene rings is 2. The van der Waals surface area contributed by atoms with Gasteiger partial charge in [-0.05, 0) is 36.2 Å². The highest BCUT2D eigenvalue weighted by Crippen LogP contribution is 2.29. The van der Waals surface area contributed by atoms with E-state index in [4.69, 9.17) is 4.74 Å². The number of aromatic nitrogens is 2.